The molecule has 4 heteroatoms. The number of nitrogens with zero attached hydrogens (tertiary/aromatic N) is 1. The fourth-order valence-electron chi connectivity index (χ4n) is 1.26. The molecule has 1 aromatic rings. The first-order valence-electron chi connectivity index (χ1n) is 4.19. The van der Waals surface area contributed by atoms with Crippen molar-refractivity contribution in [2.24, 2.45) is 5.92 Å². The summed E-state index contributed by atoms with van der Waals surface area (Å²) in [5, 5.41) is 6.69. The van der Waals surface area contributed by atoms with Crippen LogP contribution in [0.5, 0.6) is 0 Å². The van der Waals surface area contributed by atoms with Gasteiger partial charge in [0.1, 0.15) is 5.15 Å². The summed E-state index contributed by atoms with van der Waals surface area (Å²) in [6.07, 6.45) is 4.13. The molecule has 0 spiro atoms. The fourth-order valence-corrected chi connectivity index (χ4v) is 2.11. The van der Waals surface area contributed by atoms with Gasteiger partial charge >= 0.3 is 0 Å². The van der Waals surface area contributed by atoms with Crippen molar-refractivity contribution in [3.63, 3.8) is 0 Å². The van der Waals surface area contributed by atoms with Crippen molar-refractivity contribution in [2.75, 3.05) is 11.9 Å². The minimum absolute atomic E-state index is 0.594. The van der Waals surface area contributed by atoms with Gasteiger partial charge in [-0.25, -0.2) is 4.98 Å². The average molecular weight is 203 g/mol. The van der Waals surface area contributed by atoms with Crippen LogP contribution >= 0.6 is 22.9 Å². The Morgan fingerprint density at radius 3 is 3.00 bits per heavy atom. The summed E-state index contributed by atoms with van der Waals surface area (Å²) in [7, 11) is 0. The molecule has 1 fully saturated rings. The van der Waals surface area contributed by atoms with Gasteiger partial charge in [0.2, 0.25) is 0 Å². The Balaban J connectivity index is 1.79. The average Bonchev–Trinajstić information content (AvgIpc) is 2.32. The maximum Gasteiger partial charge on any atom is 0.184 e. The van der Waals surface area contributed by atoms with Gasteiger partial charge in [0.05, 0.1) is 0 Å². The predicted molar refractivity (Wildman–Crippen MR) is 53.0 cm³/mol. The molecule has 1 aliphatic carbocycles. The van der Waals surface area contributed by atoms with E-state index in [4.69, 9.17) is 11.6 Å². The molecule has 66 valence electrons. The van der Waals surface area contributed by atoms with E-state index < -0.39 is 0 Å². The molecule has 0 aliphatic heterocycles. The summed E-state index contributed by atoms with van der Waals surface area (Å²) in [4.78, 5) is 4.11. The molecule has 0 atom stereocenters. The molecule has 0 saturated heterocycles. The smallest absolute Gasteiger partial charge is 0.184 e. The van der Waals surface area contributed by atoms with Gasteiger partial charge in [-0.15, -0.1) is 11.3 Å². The Kier molecular flexibility index (Phi) is 2.51. The molecule has 2 rings (SSSR count). The summed E-state index contributed by atoms with van der Waals surface area (Å²) in [6.45, 7) is 1.06. The lowest BCUT2D eigenvalue weighted by atomic mass is 9.86. The maximum absolute atomic E-state index is 5.68. The van der Waals surface area contributed by atoms with E-state index in [0.29, 0.717) is 5.15 Å². The van der Waals surface area contributed by atoms with Crippen LogP contribution in [0.1, 0.15) is 19.3 Å². The molecule has 1 heterocycles. The van der Waals surface area contributed by atoms with Gasteiger partial charge in [-0.3, -0.25) is 0 Å². The minimum atomic E-state index is 0.594. The highest BCUT2D eigenvalue weighted by atomic mass is 35.5. The van der Waals surface area contributed by atoms with Crippen molar-refractivity contribution in [3.05, 3.63) is 10.5 Å². The first-order chi connectivity index (χ1) is 5.84. The van der Waals surface area contributed by atoms with Crippen molar-refractivity contribution < 1.29 is 0 Å². The first kappa shape index (κ1) is 8.32. The lowest BCUT2D eigenvalue weighted by Crippen LogP contribution is -2.20. The van der Waals surface area contributed by atoms with Crippen LogP contribution in [-0.4, -0.2) is 11.5 Å². The molecule has 0 amide bonds. The van der Waals surface area contributed by atoms with E-state index >= 15 is 0 Å². The van der Waals surface area contributed by atoms with Gasteiger partial charge in [0.15, 0.2) is 5.13 Å². The van der Waals surface area contributed by atoms with Crippen LogP contribution in [-0.2, 0) is 0 Å². The molecule has 1 saturated carbocycles. The van der Waals surface area contributed by atoms with Crippen LogP contribution in [0.15, 0.2) is 5.38 Å². The molecule has 12 heavy (non-hydrogen) atoms. The Morgan fingerprint density at radius 1 is 1.67 bits per heavy atom. The second kappa shape index (κ2) is 3.62. The molecule has 1 aliphatic rings. The van der Waals surface area contributed by atoms with Crippen molar-refractivity contribution in [1.82, 2.24) is 4.98 Å². The van der Waals surface area contributed by atoms with E-state index in [1.165, 1.54) is 19.3 Å². The molecule has 0 unspecified atom stereocenters. The Labute approximate surface area is 81.0 Å². The van der Waals surface area contributed by atoms with Gasteiger partial charge in [-0.05, 0) is 18.8 Å². The summed E-state index contributed by atoms with van der Waals surface area (Å²) in [6, 6.07) is 0. The van der Waals surface area contributed by atoms with E-state index in [2.05, 4.69) is 10.3 Å². The molecule has 1 N–H and O–H groups in total. The summed E-state index contributed by atoms with van der Waals surface area (Å²) < 4.78 is 0. The van der Waals surface area contributed by atoms with E-state index in [9.17, 15) is 0 Å². The third-order valence-electron chi connectivity index (χ3n) is 2.24. The van der Waals surface area contributed by atoms with E-state index in [0.717, 1.165) is 17.6 Å². The lowest BCUT2D eigenvalue weighted by Gasteiger charge is -2.25. The van der Waals surface area contributed by atoms with Gasteiger partial charge in [0.25, 0.3) is 0 Å². The third-order valence-corrected chi connectivity index (χ3v) is 3.37. The zero-order valence-electron chi connectivity index (χ0n) is 6.72. The topological polar surface area (TPSA) is 24.9 Å². The molecule has 2 nitrogen and oxygen atoms in total. The summed E-state index contributed by atoms with van der Waals surface area (Å²) >= 11 is 7.25. The normalized spacial score (nSPS) is 17.4. The van der Waals surface area contributed by atoms with Crippen LogP contribution < -0.4 is 5.32 Å². The summed E-state index contributed by atoms with van der Waals surface area (Å²) in [5.41, 5.74) is 0. The predicted octanol–water partition coefficient (Wildman–Crippen LogP) is 3.01. The number of aromatic nitrogens is 1. The number of anilines is 1. The molecule has 0 aromatic carbocycles. The van der Waals surface area contributed by atoms with E-state index in [1.807, 2.05) is 5.38 Å². The number of thiazole rings is 1. The number of halogens is 1. The quantitative estimate of drug-likeness (QED) is 0.815. The highest BCUT2D eigenvalue weighted by Gasteiger charge is 2.16. The van der Waals surface area contributed by atoms with Crippen molar-refractivity contribution in [3.8, 4) is 0 Å². The van der Waals surface area contributed by atoms with Gasteiger partial charge < -0.3 is 5.32 Å². The monoisotopic (exact) mass is 202 g/mol. The van der Waals surface area contributed by atoms with Crippen molar-refractivity contribution in [2.45, 2.75) is 19.3 Å². The molecule has 1 aromatic heterocycles. The molecular formula is C8H11ClN2S. The largest absolute Gasteiger partial charge is 0.361 e. The van der Waals surface area contributed by atoms with Gasteiger partial charge in [-0.2, -0.15) is 0 Å². The van der Waals surface area contributed by atoms with Crippen LogP contribution in [0.4, 0.5) is 5.13 Å². The minimum Gasteiger partial charge on any atom is -0.361 e. The second-order valence-electron chi connectivity index (χ2n) is 3.15. The standard InChI is InChI=1S/C8H11ClN2S/c9-7-5-12-8(11-7)10-4-6-2-1-3-6/h5-6H,1-4H2,(H,10,11). The second-order valence-corrected chi connectivity index (χ2v) is 4.40. The molecular weight excluding hydrogens is 192 g/mol. The molecule has 0 bridgehead atoms. The van der Waals surface area contributed by atoms with E-state index in [-0.39, 0.29) is 0 Å². The van der Waals surface area contributed by atoms with E-state index in [1.54, 1.807) is 11.3 Å². The van der Waals surface area contributed by atoms with Gasteiger partial charge in [0, 0.05) is 11.9 Å². The Morgan fingerprint density at radius 2 is 2.50 bits per heavy atom. The SMILES string of the molecule is Clc1csc(NCC2CCC2)n1. The third kappa shape index (κ3) is 1.90. The van der Waals surface area contributed by atoms with Crippen molar-refractivity contribution >= 4 is 28.1 Å². The number of nitrogens with one attached hydrogen (secondary N) is 1. The van der Waals surface area contributed by atoms with Crippen LogP contribution in [0, 0.1) is 5.92 Å². The highest BCUT2D eigenvalue weighted by Crippen LogP contribution is 2.27. The molecule has 0 radical (unpaired) electrons. The lowest BCUT2D eigenvalue weighted by molar-refractivity contribution is 0.333. The van der Waals surface area contributed by atoms with Gasteiger partial charge in [-0.1, -0.05) is 18.0 Å². The fraction of sp³-hybridized carbons (Fsp3) is 0.625. The van der Waals surface area contributed by atoms with Crippen LogP contribution in [0.25, 0.3) is 0 Å². The Hall–Kier alpha value is -0.280. The highest BCUT2D eigenvalue weighted by molar-refractivity contribution is 7.14. The maximum atomic E-state index is 5.68. The van der Waals surface area contributed by atoms with Crippen molar-refractivity contribution in [1.29, 1.82) is 0 Å². The summed E-state index contributed by atoms with van der Waals surface area (Å²) in [5.74, 6) is 0.868. The number of rotatable bonds is 3. The Bertz CT molecular complexity index is 257. The zero-order chi connectivity index (χ0) is 8.39. The van der Waals surface area contributed by atoms with Crippen LogP contribution in [0.3, 0.4) is 0 Å². The van der Waals surface area contributed by atoms with Crippen LogP contribution in [0.2, 0.25) is 5.15 Å². The number of hydrogen-bond acceptors (Lipinski definition) is 3. The first-order valence-corrected chi connectivity index (χ1v) is 5.45. The number of hydrogen-bond donors (Lipinski definition) is 1. The zero-order valence-corrected chi connectivity index (χ0v) is 8.29.